The van der Waals surface area contributed by atoms with Gasteiger partial charge in [-0.3, -0.25) is 0 Å². The summed E-state index contributed by atoms with van der Waals surface area (Å²) >= 11 is 5.93. The average Bonchev–Trinajstić information content (AvgIpc) is 3.11. The number of rotatable bonds is 3. The van der Waals surface area contributed by atoms with Gasteiger partial charge in [-0.15, -0.1) is 11.6 Å². The lowest BCUT2D eigenvalue weighted by Crippen LogP contribution is -2.18. The van der Waals surface area contributed by atoms with Gasteiger partial charge in [0.1, 0.15) is 11.6 Å². The molecule has 0 amide bonds. The predicted molar refractivity (Wildman–Crippen MR) is 78.6 cm³/mol. The van der Waals surface area contributed by atoms with Crippen LogP contribution in [0.5, 0.6) is 0 Å². The topological polar surface area (TPSA) is 17.8 Å². The molecule has 0 radical (unpaired) electrons. The van der Waals surface area contributed by atoms with E-state index in [0.29, 0.717) is 11.9 Å². The Morgan fingerprint density at radius 1 is 1.30 bits per heavy atom. The summed E-state index contributed by atoms with van der Waals surface area (Å²) in [6.07, 6.45) is 6.07. The van der Waals surface area contributed by atoms with E-state index in [9.17, 15) is 4.39 Å². The Bertz CT molecular complexity index is 651. The first-order chi connectivity index (χ1) is 9.76. The van der Waals surface area contributed by atoms with E-state index < -0.39 is 0 Å². The monoisotopic (exact) mass is 292 g/mol. The van der Waals surface area contributed by atoms with Gasteiger partial charge in [0, 0.05) is 24.4 Å². The number of imidazole rings is 1. The molecule has 2 fully saturated rings. The van der Waals surface area contributed by atoms with E-state index in [1.165, 1.54) is 37.8 Å². The lowest BCUT2D eigenvalue weighted by Gasteiger charge is -2.25. The van der Waals surface area contributed by atoms with Crippen LogP contribution in [0.2, 0.25) is 0 Å². The average molecular weight is 293 g/mol. The number of hydrogen-bond acceptors (Lipinski definition) is 1. The smallest absolute Gasteiger partial charge is 0.125 e. The zero-order chi connectivity index (χ0) is 13.7. The number of nitrogens with zero attached hydrogens (tertiary/aromatic N) is 2. The van der Waals surface area contributed by atoms with Crippen LogP contribution in [0.3, 0.4) is 0 Å². The summed E-state index contributed by atoms with van der Waals surface area (Å²) in [5.41, 5.74) is 1.84. The van der Waals surface area contributed by atoms with Gasteiger partial charge in [0.25, 0.3) is 0 Å². The molecule has 3 atom stereocenters. The molecule has 2 nitrogen and oxygen atoms in total. The fraction of sp³-hybridized carbons (Fsp3) is 0.562. The predicted octanol–water partition coefficient (Wildman–Crippen LogP) is 4.32. The number of halogens is 2. The molecular formula is C16H18ClFN2. The Balaban J connectivity index is 1.85. The maximum atomic E-state index is 13.4. The van der Waals surface area contributed by atoms with Crippen molar-refractivity contribution in [1.29, 1.82) is 0 Å². The van der Waals surface area contributed by atoms with E-state index in [1.54, 1.807) is 0 Å². The Labute approximate surface area is 122 Å². The molecule has 20 heavy (non-hydrogen) atoms. The normalized spacial score (nSPS) is 28.6. The third-order valence-electron chi connectivity index (χ3n) is 5.08. The minimum Gasteiger partial charge on any atom is -0.325 e. The molecule has 1 aromatic carbocycles. The molecule has 2 saturated carbocycles. The molecular weight excluding hydrogens is 275 g/mol. The van der Waals surface area contributed by atoms with Crippen molar-refractivity contribution < 1.29 is 4.39 Å². The number of fused-ring (bicyclic) bond motifs is 3. The highest BCUT2D eigenvalue weighted by atomic mass is 35.5. The SMILES string of the molecule is Fc1ccc2c(c1)nc(CCCl)n2C1CC2CCC1C2. The largest absolute Gasteiger partial charge is 0.325 e. The van der Waals surface area contributed by atoms with Gasteiger partial charge in [-0.1, -0.05) is 6.42 Å². The van der Waals surface area contributed by atoms with Crippen LogP contribution in [0.1, 0.15) is 37.5 Å². The zero-order valence-electron chi connectivity index (χ0n) is 11.4. The van der Waals surface area contributed by atoms with Gasteiger partial charge in [0.15, 0.2) is 0 Å². The fourth-order valence-electron chi connectivity index (χ4n) is 4.28. The molecule has 1 heterocycles. The molecule has 2 aromatic rings. The van der Waals surface area contributed by atoms with Crippen molar-refractivity contribution in [3.63, 3.8) is 0 Å². The Morgan fingerprint density at radius 2 is 2.20 bits per heavy atom. The number of aryl methyl sites for hydroxylation is 1. The van der Waals surface area contributed by atoms with Crippen LogP contribution < -0.4 is 0 Å². The van der Waals surface area contributed by atoms with Crippen molar-refractivity contribution >= 4 is 22.6 Å². The first-order valence-electron chi connectivity index (χ1n) is 7.48. The fourth-order valence-corrected chi connectivity index (χ4v) is 4.45. The summed E-state index contributed by atoms with van der Waals surface area (Å²) in [6.45, 7) is 0. The van der Waals surface area contributed by atoms with Gasteiger partial charge in [-0.2, -0.15) is 0 Å². The Hall–Kier alpha value is -1.09. The summed E-state index contributed by atoms with van der Waals surface area (Å²) in [4.78, 5) is 4.63. The van der Waals surface area contributed by atoms with Crippen LogP contribution in [0.4, 0.5) is 4.39 Å². The van der Waals surface area contributed by atoms with E-state index in [1.807, 2.05) is 6.07 Å². The third kappa shape index (κ3) is 1.86. The molecule has 3 unspecified atom stereocenters. The van der Waals surface area contributed by atoms with Crippen molar-refractivity contribution in [2.45, 2.75) is 38.1 Å². The number of aromatic nitrogens is 2. The highest BCUT2D eigenvalue weighted by Crippen LogP contribution is 2.51. The number of benzene rings is 1. The Kier molecular flexibility index (Phi) is 2.99. The van der Waals surface area contributed by atoms with Crippen molar-refractivity contribution in [3.05, 3.63) is 29.8 Å². The van der Waals surface area contributed by atoms with Crippen molar-refractivity contribution in [2.24, 2.45) is 11.8 Å². The summed E-state index contributed by atoms with van der Waals surface area (Å²) < 4.78 is 15.8. The standard InChI is InChI=1S/C16H18ClFN2/c17-6-5-16-19-13-9-12(18)3-4-14(13)20(16)15-8-10-1-2-11(15)7-10/h3-4,9-11,15H,1-2,5-8H2. The lowest BCUT2D eigenvalue weighted by molar-refractivity contribution is 0.329. The maximum absolute atomic E-state index is 13.4. The van der Waals surface area contributed by atoms with Crippen molar-refractivity contribution in [2.75, 3.05) is 5.88 Å². The first-order valence-corrected chi connectivity index (χ1v) is 8.02. The molecule has 4 heteroatoms. The van der Waals surface area contributed by atoms with Crippen molar-refractivity contribution in [3.8, 4) is 0 Å². The van der Waals surface area contributed by atoms with Crippen LogP contribution in [-0.2, 0) is 6.42 Å². The molecule has 4 rings (SSSR count). The minimum absolute atomic E-state index is 0.215. The zero-order valence-corrected chi connectivity index (χ0v) is 12.1. The summed E-state index contributed by atoms with van der Waals surface area (Å²) in [5, 5.41) is 0. The van der Waals surface area contributed by atoms with Gasteiger partial charge in [0.2, 0.25) is 0 Å². The third-order valence-corrected chi connectivity index (χ3v) is 5.26. The van der Waals surface area contributed by atoms with Crippen LogP contribution >= 0.6 is 11.6 Å². The van der Waals surface area contributed by atoms with Crippen LogP contribution in [0.25, 0.3) is 11.0 Å². The van der Waals surface area contributed by atoms with Gasteiger partial charge in [-0.25, -0.2) is 9.37 Å². The lowest BCUT2D eigenvalue weighted by atomic mass is 9.95. The second-order valence-corrected chi connectivity index (χ2v) is 6.59. The second-order valence-electron chi connectivity index (χ2n) is 6.21. The highest BCUT2D eigenvalue weighted by Gasteiger charge is 2.41. The quantitative estimate of drug-likeness (QED) is 0.771. The molecule has 106 valence electrons. The van der Waals surface area contributed by atoms with Crippen molar-refractivity contribution in [1.82, 2.24) is 9.55 Å². The van der Waals surface area contributed by atoms with Crippen LogP contribution in [0, 0.1) is 17.7 Å². The van der Waals surface area contributed by atoms with E-state index in [4.69, 9.17) is 11.6 Å². The first kappa shape index (κ1) is 12.6. The molecule has 2 aliphatic rings. The molecule has 0 N–H and O–H groups in total. The van der Waals surface area contributed by atoms with Gasteiger partial charge >= 0.3 is 0 Å². The van der Waals surface area contributed by atoms with E-state index in [0.717, 1.165) is 35.1 Å². The highest BCUT2D eigenvalue weighted by molar-refractivity contribution is 6.17. The summed E-state index contributed by atoms with van der Waals surface area (Å²) in [6, 6.07) is 5.50. The molecule has 1 aromatic heterocycles. The van der Waals surface area contributed by atoms with Gasteiger partial charge < -0.3 is 4.57 Å². The summed E-state index contributed by atoms with van der Waals surface area (Å²) in [7, 11) is 0. The van der Waals surface area contributed by atoms with Crippen LogP contribution in [-0.4, -0.2) is 15.4 Å². The number of alkyl halides is 1. The van der Waals surface area contributed by atoms with Gasteiger partial charge in [-0.05, 0) is 43.2 Å². The maximum Gasteiger partial charge on any atom is 0.125 e. The molecule has 2 aliphatic carbocycles. The number of hydrogen-bond donors (Lipinski definition) is 0. The minimum atomic E-state index is -0.215. The summed E-state index contributed by atoms with van der Waals surface area (Å²) in [5.74, 6) is 3.03. The molecule has 0 spiro atoms. The van der Waals surface area contributed by atoms with Crippen LogP contribution in [0.15, 0.2) is 18.2 Å². The molecule has 0 saturated heterocycles. The van der Waals surface area contributed by atoms with E-state index in [-0.39, 0.29) is 5.82 Å². The van der Waals surface area contributed by atoms with E-state index in [2.05, 4.69) is 9.55 Å². The molecule has 2 bridgehead atoms. The van der Waals surface area contributed by atoms with Gasteiger partial charge in [0.05, 0.1) is 11.0 Å². The second kappa shape index (κ2) is 4.73. The Morgan fingerprint density at radius 3 is 2.90 bits per heavy atom. The van der Waals surface area contributed by atoms with E-state index >= 15 is 0 Å². The molecule has 0 aliphatic heterocycles.